The highest BCUT2D eigenvalue weighted by molar-refractivity contribution is 9.10. The maximum atomic E-state index is 6.30. The first-order valence-corrected chi connectivity index (χ1v) is 10.5. The number of hydrogen-bond donors (Lipinski definition) is 1. The first-order chi connectivity index (χ1) is 12.7. The second-order valence-electron chi connectivity index (χ2n) is 7.00. The van der Waals surface area contributed by atoms with Crippen molar-refractivity contribution in [3.63, 3.8) is 0 Å². The summed E-state index contributed by atoms with van der Waals surface area (Å²) in [6, 6.07) is 15.0. The van der Waals surface area contributed by atoms with Crippen LogP contribution in [0.25, 0.3) is 0 Å². The Morgan fingerprint density at radius 1 is 1.04 bits per heavy atom. The number of rotatable bonds is 9. The average Bonchev–Trinajstić information content (AvgIpc) is 2.67. The summed E-state index contributed by atoms with van der Waals surface area (Å²) in [6.07, 6.45) is 6.05. The van der Waals surface area contributed by atoms with E-state index in [-0.39, 0.29) is 0 Å². The van der Waals surface area contributed by atoms with Crippen molar-refractivity contribution in [2.75, 3.05) is 13.1 Å². The van der Waals surface area contributed by atoms with Crippen LogP contribution in [0.1, 0.15) is 49.3 Å². The highest BCUT2D eigenvalue weighted by Gasteiger charge is 2.13. The van der Waals surface area contributed by atoms with Gasteiger partial charge in [-0.05, 0) is 60.3 Å². The van der Waals surface area contributed by atoms with Crippen LogP contribution in [0, 0.1) is 0 Å². The van der Waals surface area contributed by atoms with Crippen LogP contribution in [0.15, 0.2) is 46.9 Å². The minimum absolute atomic E-state index is 0.804. The van der Waals surface area contributed by atoms with Gasteiger partial charge in [0.15, 0.2) is 0 Å². The summed E-state index contributed by atoms with van der Waals surface area (Å²) in [5.74, 6) is 0.957. The van der Waals surface area contributed by atoms with Crippen molar-refractivity contribution < 1.29 is 4.84 Å². The molecule has 3 nitrogen and oxygen atoms in total. The Balaban J connectivity index is 1.66. The Bertz CT molecular complexity index is 687. The van der Waals surface area contributed by atoms with Gasteiger partial charge >= 0.3 is 0 Å². The van der Waals surface area contributed by atoms with Crippen LogP contribution in [0.5, 0.6) is 5.75 Å². The number of nitrogens with zero attached hydrogens (tertiary/aromatic N) is 1. The van der Waals surface area contributed by atoms with Gasteiger partial charge in [0, 0.05) is 17.6 Å². The summed E-state index contributed by atoms with van der Waals surface area (Å²) in [4.78, 5) is 6.30. The molecule has 0 amide bonds. The molecular weight excluding hydrogens is 388 g/mol. The summed E-state index contributed by atoms with van der Waals surface area (Å²) in [6.45, 7) is 6.02. The number of hydroxylamine groups is 2. The van der Waals surface area contributed by atoms with Gasteiger partial charge in [-0.3, -0.25) is 0 Å². The lowest BCUT2D eigenvalue weighted by molar-refractivity contribution is -0.0682. The highest BCUT2D eigenvalue weighted by atomic mass is 79.9. The van der Waals surface area contributed by atoms with Crippen molar-refractivity contribution in [1.82, 2.24) is 10.4 Å². The van der Waals surface area contributed by atoms with E-state index in [2.05, 4.69) is 75.7 Å². The third kappa shape index (κ3) is 5.83. The van der Waals surface area contributed by atoms with Crippen molar-refractivity contribution in [1.29, 1.82) is 0 Å². The van der Waals surface area contributed by atoms with Crippen LogP contribution >= 0.6 is 15.9 Å². The fraction of sp³-hybridized carbons (Fsp3) is 0.455. The Hall–Kier alpha value is -1.36. The van der Waals surface area contributed by atoms with Crippen molar-refractivity contribution >= 4 is 15.9 Å². The van der Waals surface area contributed by atoms with Gasteiger partial charge in [-0.1, -0.05) is 60.3 Å². The third-order valence-electron chi connectivity index (χ3n) is 4.83. The van der Waals surface area contributed by atoms with Crippen LogP contribution < -0.4 is 10.2 Å². The van der Waals surface area contributed by atoms with E-state index in [0.717, 1.165) is 42.8 Å². The summed E-state index contributed by atoms with van der Waals surface area (Å²) < 4.78 is 1.11. The fourth-order valence-corrected chi connectivity index (χ4v) is 3.59. The maximum absolute atomic E-state index is 6.30. The zero-order valence-electron chi connectivity index (χ0n) is 15.6. The lowest BCUT2D eigenvalue weighted by atomic mass is 10.0. The van der Waals surface area contributed by atoms with Gasteiger partial charge in [-0.2, -0.15) is 0 Å². The van der Waals surface area contributed by atoms with Crippen LogP contribution in [-0.2, 0) is 19.5 Å². The van der Waals surface area contributed by atoms with Crippen molar-refractivity contribution in [3.05, 3.63) is 63.6 Å². The van der Waals surface area contributed by atoms with Crippen molar-refractivity contribution in [2.24, 2.45) is 0 Å². The zero-order valence-corrected chi connectivity index (χ0v) is 17.2. The van der Waals surface area contributed by atoms with Gasteiger partial charge in [0.25, 0.3) is 0 Å². The molecule has 1 N–H and O–H groups in total. The van der Waals surface area contributed by atoms with E-state index < -0.39 is 0 Å². The van der Waals surface area contributed by atoms with Gasteiger partial charge in [0.05, 0.1) is 6.54 Å². The Morgan fingerprint density at radius 3 is 2.69 bits per heavy atom. The number of hydrogen-bond acceptors (Lipinski definition) is 3. The van der Waals surface area contributed by atoms with Crippen LogP contribution in [0.2, 0.25) is 0 Å². The molecule has 0 saturated carbocycles. The Kier molecular flexibility index (Phi) is 7.54. The highest BCUT2D eigenvalue weighted by Crippen LogP contribution is 2.22. The van der Waals surface area contributed by atoms with Crippen molar-refractivity contribution in [2.45, 2.75) is 52.1 Å². The number of halogens is 1. The fourth-order valence-electron chi connectivity index (χ4n) is 3.32. The normalized spacial score (nSPS) is 13.7. The predicted octanol–water partition coefficient (Wildman–Crippen LogP) is 5.47. The van der Waals surface area contributed by atoms with E-state index in [1.165, 1.54) is 42.4 Å². The third-order valence-corrected chi connectivity index (χ3v) is 5.36. The standard InChI is InChI=1S/C22H29BrN2O/c1-2-3-4-5-14-25(17-18-6-9-21(23)10-7-18)26-22-11-8-20-16-24-13-12-19(20)15-22/h6-11,15,24H,2-5,12-14,16-17H2,1H3. The average molecular weight is 417 g/mol. The lowest BCUT2D eigenvalue weighted by Crippen LogP contribution is -2.29. The molecule has 0 fully saturated rings. The van der Waals surface area contributed by atoms with Gasteiger partial charge in [0.2, 0.25) is 0 Å². The van der Waals surface area contributed by atoms with Crippen LogP contribution in [0.3, 0.4) is 0 Å². The van der Waals surface area contributed by atoms with Gasteiger partial charge in [-0.15, -0.1) is 5.06 Å². The SMILES string of the molecule is CCCCCCN(Cc1ccc(Br)cc1)Oc1ccc2c(c1)CCNC2. The molecule has 2 aromatic carbocycles. The quantitative estimate of drug-likeness (QED) is 0.433. The van der Waals surface area contributed by atoms with Gasteiger partial charge < -0.3 is 10.2 Å². The van der Waals surface area contributed by atoms with Crippen LogP contribution in [0.4, 0.5) is 0 Å². The molecule has 3 rings (SSSR count). The first-order valence-electron chi connectivity index (χ1n) is 9.74. The van der Waals surface area contributed by atoms with E-state index in [0.29, 0.717) is 0 Å². The molecule has 26 heavy (non-hydrogen) atoms. The van der Waals surface area contributed by atoms with E-state index in [1.807, 2.05) is 0 Å². The number of benzene rings is 2. The monoisotopic (exact) mass is 416 g/mol. The van der Waals surface area contributed by atoms with E-state index in [1.54, 1.807) is 0 Å². The molecule has 0 atom stereocenters. The molecule has 1 heterocycles. The molecule has 0 spiro atoms. The Morgan fingerprint density at radius 2 is 1.88 bits per heavy atom. The van der Waals surface area contributed by atoms with Gasteiger partial charge in [0.1, 0.15) is 5.75 Å². The molecule has 2 aromatic rings. The second kappa shape index (κ2) is 10.1. The smallest absolute Gasteiger partial charge is 0.147 e. The first kappa shape index (κ1) is 19.4. The number of fused-ring (bicyclic) bond motifs is 1. The van der Waals surface area contributed by atoms with Crippen molar-refractivity contribution in [3.8, 4) is 5.75 Å². The minimum atomic E-state index is 0.804. The molecule has 140 valence electrons. The van der Waals surface area contributed by atoms with Gasteiger partial charge in [-0.25, -0.2) is 0 Å². The number of unbranched alkanes of at least 4 members (excludes halogenated alkanes) is 3. The molecule has 0 unspecified atom stereocenters. The zero-order chi connectivity index (χ0) is 18.2. The molecular formula is C22H29BrN2O. The summed E-state index contributed by atoms with van der Waals surface area (Å²) in [7, 11) is 0. The molecule has 0 saturated heterocycles. The maximum Gasteiger partial charge on any atom is 0.147 e. The molecule has 4 heteroatoms. The molecule has 0 aliphatic carbocycles. The molecule has 0 aromatic heterocycles. The minimum Gasteiger partial charge on any atom is -0.406 e. The molecule has 0 radical (unpaired) electrons. The summed E-state index contributed by atoms with van der Waals surface area (Å²) in [5, 5.41) is 5.54. The summed E-state index contributed by atoms with van der Waals surface area (Å²) in [5.41, 5.74) is 4.08. The van der Waals surface area contributed by atoms with E-state index in [4.69, 9.17) is 4.84 Å². The molecule has 1 aliphatic rings. The van der Waals surface area contributed by atoms with E-state index >= 15 is 0 Å². The predicted molar refractivity (Wildman–Crippen MR) is 111 cm³/mol. The second-order valence-corrected chi connectivity index (χ2v) is 7.91. The Labute approximate surface area is 165 Å². The topological polar surface area (TPSA) is 24.5 Å². The largest absolute Gasteiger partial charge is 0.406 e. The molecule has 1 aliphatic heterocycles. The summed E-state index contributed by atoms with van der Waals surface area (Å²) >= 11 is 3.51. The van der Waals surface area contributed by atoms with Crippen LogP contribution in [-0.4, -0.2) is 18.2 Å². The lowest BCUT2D eigenvalue weighted by Gasteiger charge is -2.24. The number of nitrogens with one attached hydrogen (secondary N) is 1. The molecule has 0 bridgehead atoms. The van der Waals surface area contributed by atoms with E-state index in [9.17, 15) is 0 Å².